The van der Waals surface area contributed by atoms with E-state index in [0.29, 0.717) is 0 Å². The highest BCUT2D eigenvalue weighted by atomic mass is 32.3. The van der Waals surface area contributed by atoms with Crippen LogP contribution in [0.25, 0.3) is 11.1 Å². The number of benzene rings is 2. The van der Waals surface area contributed by atoms with Crippen molar-refractivity contribution in [2.75, 3.05) is 0 Å². The topological polar surface area (TPSA) is 63.6 Å². The van der Waals surface area contributed by atoms with Gasteiger partial charge >= 0.3 is 10.4 Å². The van der Waals surface area contributed by atoms with Gasteiger partial charge in [-0.25, -0.2) is 0 Å². The lowest BCUT2D eigenvalue weighted by Gasteiger charge is -2.18. The van der Waals surface area contributed by atoms with Crippen LogP contribution in [0.15, 0.2) is 42.5 Å². The minimum Gasteiger partial charge on any atom is -0.362 e. The second-order valence-electron chi connectivity index (χ2n) is 6.15. The van der Waals surface area contributed by atoms with Crippen molar-refractivity contribution in [2.45, 2.75) is 52.4 Å². The van der Waals surface area contributed by atoms with Crippen molar-refractivity contribution in [3.63, 3.8) is 0 Å². The summed E-state index contributed by atoms with van der Waals surface area (Å²) in [6, 6.07) is 13.6. The van der Waals surface area contributed by atoms with Crippen LogP contribution in [-0.4, -0.2) is 13.0 Å². The van der Waals surface area contributed by atoms with Crippen LogP contribution in [-0.2, 0) is 23.2 Å². The van der Waals surface area contributed by atoms with Gasteiger partial charge in [-0.15, -0.1) is 0 Å². The summed E-state index contributed by atoms with van der Waals surface area (Å²) in [4.78, 5) is 0. The van der Waals surface area contributed by atoms with Gasteiger partial charge in [0.05, 0.1) is 0 Å². The molecule has 0 fully saturated rings. The first kappa shape index (κ1) is 19.5. The Balaban J connectivity index is 2.60. The first-order valence-corrected chi connectivity index (χ1v) is 10.2. The van der Waals surface area contributed by atoms with Crippen LogP contribution in [0.5, 0.6) is 5.75 Å². The molecular weight excluding hydrogens is 336 g/mol. The van der Waals surface area contributed by atoms with Crippen molar-refractivity contribution >= 4 is 10.4 Å². The van der Waals surface area contributed by atoms with E-state index in [9.17, 15) is 8.42 Å². The Morgan fingerprint density at radius 3 is 2.04 bits per heavy atom. The smallest absolute Gasteiger partial charge is 0.362 e. The van der Waals surface area contributed by atoms with Crippen molar-refractivity contribution in [1.29, 1.82) is 0 Å². The largest absolute Gasteiger partial charge is 0.446 e. The minimum absolute atomic E-state index is 0.238. The van der Waals surface area contributed by atoms with E-state index >= 15 is 0 Å². The number of unbranched alkanes of at least 4 members (excludes halogenated alkanes) is 2. The van der Waals surface area contributed by atoms with Gasteiger partial charge in [-0.2, -0.15) is 8.42 Å². The Morgan fingerprint density at radius 2 is 1.48 bits per heavy atom. The quantitative estimate of drug-likeness (QED) is 0.621. The predicted octanol–water partition coefficient (Wildman–Crippen LogP) is 5.22. The third-order valence-electron chi connectivity index (χ3n) is 4.23. The molecule has 0 aromatic heterocycles. The Morgan fingerprint density at radius 1 is 0.880 bits per heavy atom. The Labute approximate surface area is 150 Å². The van der Waals surface area contributed by atoms with Gasteiger partial charge in [-0.1, -0.05) is 63.1 Å². The van der Waals surface area contributed by atoms with Crippen LogP contribution in [0.4, 0.5) is 0 Å². The maximum absolute atomic E-state index is 11.2. The molecule has 2 aromatic rings. The summed E-state index contributed by atoms with van der Waals surface area (Å²) >= 11 is 0. The molecule has 136 valence electrons. The van der Waals surface area contributed by atoms with Gasteiger partial charge < -0.3 is 4.18 Å². The molecule has 2 rings (SSSR count). The summed E-state index contributed by atoms with van der Waals surface area (Å²) in [6.45, 7) is 4.22. The summed E-state index contributed by atoms with van der Waals surface area (Å²) in [5.41, 5.74) is 4.20. The van der Waals surface area contributed by atoms with Gasteiger partial charge in [0, 0.05) is 0 Å². The molecule has 0 saturated heterocycles. The van der Waals surface area contributed by atoms with Crippen molar-refractivity contribution in [3.05, 3.63) is 53.6 Å². The van der Waals surface area contributed by atoms with E-state index in [0.717, 1.165) is 60.8 Å². The summed E-state index contributed by atoms with van der Waals surface area (Å²) in [5, 5.41) is 0. The third kappa shape index (κ3) is 5.58. The number of rotatable bonds is 9. The van der Waals surface area contributed by atoms with E-state index in [1.54, 1.807) is 6.07 Å². The molecular formula is C20H26O4S. The molecule has 5 heteroatoms. The molecule has 0 aliphatic rings. The maximum atomic E-state index is 11.2. The average molecular weight is 362 g/mol. The van der Waals surface area contributed by atoms with Crippen LogP contribution in [0.2, 0.25) is 0 Å². The van der Waals surface area contributed by atoms with Crippen molar-refractivity contribution in [1.82, 2.24) is 0 Å². The van der Waals surface area contributed by atoms with Crippen LogP contribution >= 0.6 is 0 Å². The molecule has 0 amide bonds. The van der Waals surface area contributed by atoms with Gasteiger partial charge in [-0.3, -0.25) is 4.55 Å². The number of hydrogen-bond donors (Lipinski definition) is 1. The molecule has 0 unspecified atom stereocenters. The SMILES string of the molecule is CCCCc1c(OS(=O)(=O)O)ccc(-c2ccccc2)c1CCCC. The standard InChI is InChI=1S/C20H26O4S/c1-3-5-12-18-17(16-10-8-7-9-11-16)14-15-20(24-25(21,22)23)19(18)13-6-4-2/h7-11,14-15H,3-6,12-13H2,1-2H3,(H,21,22,23). The lowest BCUT2D eigenvalue weighted by atomic mass is 9.89. The minimum atomic E-state index is -4.54. The highest BCUT2D eigenvalue weighted by Crippen LogP contribution is 2.35. The van der Waals surface area contributed by atoms with E-state index < -0.39 is 10.4 Å². The Hall–Kier alpha value is -1.85. The van der Waals surface area contributed by atoms with E-state index in [4.69, 9.17) is 8.74 Å². The molecule has 0 radical (unpaired) electrons. The molecule has 0 aliphatic heterocycles. The molecule has 4 nitrogen and oxygen atoms in total. The van der Waals surface area contributed by atoms with Crippen molar-refractivity contribution in [2.24, 2.45) is 0 Å². The second kappa shape index (κ2) is 9.02. The van der Waals surface area contributed by atoms with Gasteiger partial charge in [0.15, 0.2) is 0 Å². The zero-order valence-electron chi connectivity index (χ0n) is 14.9. The summed E-state index contributed by atoms with van der Waals surface area (Å²) in [5.74, 6) is 0.238. The van der Waals surface area contributed by atoms with Crippen LogP contribution in [0.3, 0.4) is 0 Å². The van der Waals surface area contributed by atoms with Crippen molar-refractivity contribution < 1.29 is 17.2 Å². The summed E-state index contributed by atoms with van der Waals surface area (Å²) < 4.78 is 36.5. The average Bonchev–Trinajstić information content (AvgIpc) is 2.58. The fourth-order valence-electron chi connectivity index (χ4n) is 3.02. The molecule has 0 heterocycles. The number of hydrogen-bond acceptors (Lipinski definition) is 3. The Bertz CT molecular complexity index is 783. The zero-order chi connectivity index (χ0) is 18.3. The molecule has 0 saturated carbocycles. The van der Waals surface area contributed by atoms with Crippen molar-refractivity contribution in [3.8, 4) is 16.9 Å². The maximum Gasteiger partial charge on any atom is 0.446 e. The van der Waals surface area contributed by atoms with Gasteiger partial charge in [-0.05, 0) is 54.0 Å². The van der Waals surface area contributed by atoms with Crippen LogP contribution in [0.1, 0.15) is 50.7 Å². The molecule has 2 aromatic carbocycles. The summed E-state index contributed by atoms with van der Waals surface area (Å²) in [7, 11) is -4.54. The van der Waals surface area contributed by atoms with E-state index in [1.165, 1.54) is 0 Å². The zero-order valence-corrected chi connectivity index (χ0v) is 15.7. The van der Waals surface area contributed by atoms with Gasteiger partial charge in [0.25, 0.3) is 0 Å². The van der Waals surface area contributed by atoms with E-state index in [-0.39, 0.29) is 5.75 Å². The van der Waals surface area contributed by atoms with Gasteiger partial charge in [0.2, 0.25) is 0 Å². The molecule has 0 aliphatic carbocycles. The van der Waals surface area contributed by atoms with Gasteiger partial charge in [0.1, 0.15) is 5.75 Å². The molecule has 0 atom stereocenters. The predicted molar refractivity (Wildman–Crippen MR) is 101 cm³/mol. The molecule has 25 heavy (non-hydrogen) atoms. The van der Waals surface area contributed by atoms with Crippen LogP contribution in [0, 0.1) is 0 Å². The van der Waals surface area contributed by atoms with E-state index in [1.807, 2.05) is 24.3 Å². The lowest BCUT2D eigenvalue weighted by Crippen LogP contribution is -2.10. The first-order valence-electron chi connectivity index (χ1n) is 8.83. The molecule has 1 N–H and O–H groups in total. The fraction of sp³-hybridized carbons (Fsp3) is 0.400. The monoisotopic (exact) mass is 362 g/mol. The van der Waals surface area contributed by atoms with E-state index in [2.05, 4.69) is 26.0 Å². The lowest BCUT2D eigenvalue weighted by molar-refractivity contribution is 0.384. The highest BCUT2D eigenvalue weighted by Gasteiger charge is 2.18. The fourth-order valence-corrected chi connectivity index (χ4v) is 3.40. The first-order chi connectivity index (χ1) is 12.0. The third-order valence-corrected chi connectivity index (χ3v) is 4.62. The molecule has 0 spiro atoms. The molecule has 0 bridgehead atoms. The normalized spacial score (nSPS) is 11.5. The second-order valence-corrected chi connectivity index (χ2v) is 7.17. The highest BCUT2D eigenvalue weighted by molar-refractivity contribution is 7.81. The Kier molecular flexibility index (Phi) is 7.02. The summed E-state index contributed by atoms with van der Waals surface area (Å²) in [6.07, 6.45) is 5.55. The van der Waals surface area contributed by atoms with Crippen LogP contribution < -0.4 is 4.18 Å².